The van der Waals surface area contributed by atoms with Crippen LogP contribution in [0.5, 0.6) is 11.5 Å². The number of aromatic hydroxyl groups is 1. The van der Waals surface area contributed by atoms with Crippen LogP contribution in [0.25, 0.3) is 5.69 Å². The smallest absolute Gasteiger partial charge is 0.253 e. The number of nitrogens with zero attached hydrogens (tertiary/aromatic N) is 4. The van der Waals surface area contributed by atoms with Crippen molar-refractivity contribution >= 4 is 45.5 Å². The van der Waals surface area contributed by atoms with Crippen molar-refractivity contribution in [3.05, 3.63) is 88.7 Å². The van der Waals surface area contributed by atoms with Crippen molar-refractivity contribution < 1.29 is 14.6 Å². The second-order valence-electron chi connectivity index (χ2n) is 7.83. The maximum Gasteiger partial charge on any atom is 0.253 e. The molecule has 1 heterocycles. The second-order valence-corrected chi connectivity index (χ2v) is 10.1. The number of amides is 1. The first kappa shape index (κ1) is 26.2. The lowest BCUT2D eigenvalue weighted by molar-refractivity contribution is -0.120. The minimum atomic E-state index is -0.524. The molecule has 3 N–H and O–H groups in total. The summed E-state index contributed by atoms with van der Waals surface area (Å²) in [6.07, 6.45) is 1.36. The summed E-state index contributed by atoms with van der Waals surface area (Å²) in [6.45, 7) is 2.22. The number of phenolic OH excluding ortho intramolecular Hbond substituents is 1. The summed E-state index contributed by atoms with van der Waals surface area (Å²) < 4.78 is 7.77. The number of carbonyl (C=O) groups is 1. The molecule has 0 aliphatic heterocycles. The second kappa shape index (κ2) is 12.4. The molecule has 1 atom stereocenters. The van der Waals surface area contributed by atoms with Gasteiger partial charge in [-0.25, -0.2) is 5.43 Å². The number of carbonyl (C=O) groups excluding carboxylic acids is 1. The molecular formula is C26H25BrN6O3S. The molecule has 0 aliphatic carbocycles. The number of ether oxygens (including phenoxy) is 1. The number of benzene rings is 3. The van der Waals surface area contributed by atoms with Gasteiger partial charge in [0.2, 0.25) is 0 Å². The van der Waals surface area contributed by atoms with E-state index in [1.807, 2.05) is 65.2 Å². The molecule has 1 amide bonds. The molecule has 0 unspecified atom stereocenters. The zero-order chi connectivity index (χ0) is 26.2. The molecule has 190 valence electrons. The van der Waals surface area contributed by atoms with E-state index in [4.69, 9.17) is 4.74 Å². The topological polar surface area (TPSA) is 114 Å². The van der Waals surface area contributed by atoms with Gasteiger partial charge in [0.1, 0.15) is 0 Å². The van der Waals surface area contributed by atoms with Crippen molar-refractivity contribution in [3.8, 4) is 17.2 Å². The highest BCUT2D eigenvalue weighted by atomic mass is 79.9. The fourth-order valence-electron chi connectivity index (χ4n) is 3.38. The Morgan fingerprint density at radius 2 is 1.86 bits per heavy atom. The van der Waals surface area contributed by atoms with Gasteiger partial charge in [0.15, 0.2) is 22.5 Å². The third-order valence-electron chi connectivity index (χ3n) is 5.26. The maximum atomic E-state index is 12.8. The zero-order valence-electron chi connectivity index (χ0n) is 20.1. The van der Waals surface area contributed by atoms with Gasteiger partial charge >= 0.3 is 0 Å². The van der Waals surface area contributed by atoms with Gasteiger partial charge in [-0.1, -0.05) is 64.1 Å². The fourth-order valence-corrected chi connectivity index (χ4v) is 4.72. The summed E-state index contributed by atoms with van der Waals surface area (Å²) in [5.74, 6) is 0.610. The van der Waals surface area contributed by atoms with Gasteiger partial charge in [-0.2, -0.15) is 5.10 Å². The first-order valence-electron chi connectivity index (χ1n) is 11.3. The van der Waals surface area contributed by atoms with Crippen molar-refractivity contribution in [2.75, 3.05) is 12.4 Å². The summed E-state index contributed by atoms with van der Waals surface area (Å²) in [4.78, 5) is 12.8. The lowest BCUT2D eigenvalue weighted by atomic mass is 10.2. The Morgan fingerprint density at radius 1 is 1.16 bits per heavy atom. The Morgan fingerprint density at radius 3 is 2.57 bits per heavy atom. The summed E-state index contributed by atoms with van der Waals surface area (Å²) in [5.41, 5.74) is 4.78. The van der Waals surface area contributed by atoms with Gasteiger partial charge in [-0.3, -0.25) is 9.36 Å². The Kier molecular flexibility index (Phi) is 8.81. The van der Waals surface area contributed by atoms with E-state index >= 15 is 0 Å². The Labute approximate surface area is 227 Å². The van der Waals surface area contributed by atoms with Crippen molar-refractivity contribution in [1.29, 1.82) is 0 Å². The molecule has 11 heteroatoms. The molecule has 1 aromatic heterocycles. The van der Waals surface area contributed by atoms with E-state index in [0.717, 1.165) is 11.4 Å². The molecule has 4 aromatic rings. The largest absolute Gasteiger partial charge is 0.504 e. The highest BCUT2D eigenvalue weighted by molar-refractivity contribution is 9.10. The van der Waals surface area contributed by atoms with Crippen LogP contribution in [0, 0.1) is 0 Å². The molecule has 3 aromatic carbocycles. The van der Waals surface area contributed by atoms with Crippen LogP contribution in [0.2, 0.25) is 0 Å². The van der Waals surface area contributed by atoms with Gasteiger partial charge in [0, 0.05) is 21.4 Å². The number of hydrogen-bond donors (Lipinski definition) is 3. The highest BCUT2D eigenvalue weighted by Crippen LogP contribution is 2.32. The molecule has 4 rings (SSSR count). The highest BCUT2D eigenvalue weighted by Gasteiger charge is 2.21. The zero-order valence-corrected chi connectivity index (χ0v) is 22.5. The van der Waals surface area contributed by atoms with Gasteiger partial charge in [0.25, 0.3) is 5.91 Å². The first-order chi connectivity index (χ1) is 18.0. The number of para-hydroxylation sites is 2. The molecule has 0 fully saturated rings. The summed E-state index contributed by atoms with van der Waals surface area (Å²) >= 11 is 4.63. The number of anilines is 1. The van der Waals surface area contributed by atoms with Crippen molar-refractivity contribution in [3.63, 3.8) is 0 Å². The molecule has 0 saturated carbocycles. The monoisotopic (exact) mass is 580 g/mol. The average molecular weight is 581 g/mol. The number of nitrogens with one attached hydrogen (secondary N) is 2. The van der Waals surface area contributed by atoms with Crippen LogP contribution in [-0.2, 0) is 11.3 Å². The van der Waals surface area contributed by atoms with Crippen molar-refractivity contribution in [1.82, 2.24) is 20.2 Å². The van der Waals surface area contributed by atoms with Crippen LogP contribution in [0.3, 0.4) is 0 Å². The van der Waals surface area contributed by atoms with Crippen molar-refractivity contribution in [2.24, 2.45) is 5.10 Å². The van der Waals surface area contributed by atoms with E-state index in [1.54, 1.807) is 19.1 Å². The van der Waals surface area contributed by atoms with E-state index in [-0.39, 0.29) is 11.7 Å². The molecule has 0 bridgehead atoms. The molecule has 0 radical (unpaired) electrons. The minimum absolute atomic E-state index is 0.0706. The fraction of sp³-hybridized carbons (Fsp3) is 0.154. The van der Waals surface area contributed by atoms with E-state index in [9.17, 15) is 9.90 Å². The number of methoxy groups -OCH3 is 1. The van der Waals surface area contributed by atoms with Gasteiger partial charge in [0.05, 0.1) is 25.1 Å². The third kappa shape index (κ3) is 6.69. The summed E-state index contributed by atoms with van der Waals surface area (Å²) in [6, 6.07) is 22.9. The van der Waals surface area contributed by atoms with Crippen LogP contribution < -0.4 is 15.5 Å². The lowest BCUT2D eigenvalue weighted by Gasteiger charge is -2.13. The Hall–Kier alpha value is -3.83. The number of halogens is 1. The predicted octanol–water partition coefficient (Wildman–Crippen LogP) is 4.99. The number of hydrazone groups is 1. The number of thioether (sulfide) groups is 1. The summed E-state index contributed by atoms with van der Waals surface area (Å²) in [7, 11) is 1.46. The standard InChI is InChI=1S/C26H25BrN6O3S/c1-17(25(35)31-29-15-18-13-19(27)14-22(36-2)24(18)34)37-26-32-30-23(16-28-20-9-5-3-6-10-20)33(26)21-11-7-4-8-12-21/h3-15,17,28,34H,16H2,1-2H3,(H,31,35)/b29-15-/t17-/m0/s1. The lowest BCUT2D eigenvalue weighted by Crippen LogP contribution is -2.27. The molecule has 37 heavy (non-hydrogen) atoms. The molecule has 0 aliphatic rings. The first-order valence-corrected chi connectivity index (χ1v) is 13.0. The number of rotatable bonds is 10. The molecule has 9 nitrogen and oxygen atoms in total. The quantitative estimate of drug-likeness (QED) is 0.137. The van der Waals surface area contributed by atoms with Gasteiger partial charge in [-0.15, -0.1) is 10.2 Å². The van der Waals surface area contributed by atoms with Crippen LogP contribution in [0.1, 0.15) is 18.3 Å². The number of phenols is 1. The molecule has 0 saturated heterocycles. The SMILES string of the molecule is COc1cc(Br)cc(/C=N\NC(=O)[C@H](C)Sc2nnc(CNc3ccccc3)n2-c2ccccc2)c1O. The van der Waals surface area contributed by atoms with Crippen molar-refractivity contribution in [2.45, 2.75) is 23.9 Å². The van der Waals surface area contributed by atoms with E-state index in [0.29, 0.717) is 33.3 Å². The van der Waals surface area contributed by atoms with Gasteiger partial charge in [-0.05, 0) is 43.3 Å². The van der Waals surface area contributed by atoms with Crippen LogP contribution >= 0.6 is 27.7 Å². The Bertz CT molecular complexity index is 1380. The predicted molar refractivity (Wildman–Crippen MR) is 149 cm³/mol. The van der Waals surface area contributed by atoms with E-state index < -0.39 is 5.25 Å². The average Bonchev–Trinajstić information content (AvgIpc) is 3.32. The van der Waals surface area contributed by atoms with Crippen LogP contribution in [0.15, 0.2) is 87.5 Å². The van der Waals surface area contributed by atoms with E-state index in [1.165, 1.54) is 25.1 Å². The van der Waals surface area contributed by atoms with E-state index in [2.05, 4.69) is 42.0 Å². The van der Waals surface area contributed by atoms with Gasteiger partial charge < -0.3 is 15.2 Å². The minimum Gasteiger partial charge on any atom is -0.504 e. The molecule has 0 spiro atoms. The van der Waals surface area contributed by atoms with Crippen LogP contribution in [0.4, 0.5) is 5.69 Å². The molecular weight excluding hydrogens is 556 g/mol. The number of hydrogen-bond acceptors (Lipinski definition) is 8. The van der Waals surface area contributed by atoms with Crippen LogP contribution in [-0.4, -0.2) is 44.4 Å². The third-order valence-corrected chi connectivity index (χ3v) is 6.76. The summed E-state index contributed by atoms with van der Waals surface area (Å²) in [5, 5.41) is 26.4. The number of aromatic nitrogens is 3. The Balaban J connectivity index is 1.47. The maximum absolute atomic E-state index is 12.8. The normalized spacial score (nSPS) is 11.9.